The van der Waals surface area contributed by atoms with Crippen LogP contribution >= 0.6 is 11.9 Å². The highest BCUT2D eigenvalue weighted by molar-refractivity contribution is 8.00. The quantitative estimate of drug-likeness (QED) is 0.400. The number of aryl methyl sites for hydroxylation is 2. The summed E-state index contributed by atoms with van der Waals surface area (Å²) in [5.41, 5.74) is 8.61. The zero-order chi connectivity index (χ0) is 28.4. The third-order valence-corrected chi connectivity index (χ3v) is 9.28. The molecule has 0 unspecified atom stereocenters. The van der Waals surface area contributed by atoms with Crippen LogP contribution in [-0.2, 0) is 4.79 Å². The number of nitrogens with zero attached hydrogens (tertiary/aromatic N) is 3. The van der Waals surface area contributed by atoms with Crippen molar-refractivity contribution in [2.24, 2.45) is 22.6 Å². The fraction of sp³-hybridized carbons (Fsp3) is 0.607. The van der Waals surface area contributed by atoms with Gasteiger partial charge in [0.2, 0.25) is 0 Å². The van der Waals surface area contributed by atoms with E-state index < -0.39 is 24.2 Å². The van der Waals surface area contributed by atoms with Gasteiger partial charge in [0.05, 0.1) is 0 Å². The van der Waals surface area contributed by atoms with Gasteiger partial charge in [-0.2, -0.15) is 13.2 Å². The van der Waals surface area contributed by atoms with Crippen LogP contribution in [0.1, 0.15) is 68.1 Å². The number of amides is 3. The first-order chi connectivity index (χ1) is 18.4. The van der Waals surface area contributed by atoms with Gasteiger partial charge in [-0.1, -0.05) is 11.9 Å². The third-order valence-electron chi connectivity index (χ3n) is 8.36. The number of carbonyl (C=O) groups excluding carboxylic acids is 2. The molecule has 3 N–H and O–H groups in total. The summed E-state index contributed by atoms with van der Waals surface area (Å²) in [6.07, 6.45) is 1.79. The number of halogens is 3. The van der Waals surface area contributed by atoms with Gasteiger partial charge in [-0.05, 0) is 105 Å². The molecule has 1 aromatic rings. The number of carbonyl (C=O) groups is 2. The van der Waals surface area contributed by atoms with Gasteiger partial charge in [-0.3, -0.25) is 14.7 Å². The van der Waals surface area contributed by atoms with Gasteiger partial charge in [-0.25, -0.2) is 9.10 Å². The van der Waals surface area contributed by atoms with Crippen molar-refractivity contribution in [1.29, 1.82) is 0 Å². The molecular weight excluding hydrogens is 527 g/mol. The van der Waals surface area contributed by atoms with E-state index in [0.29, 0.717) is 12.8 Å². The van der Waals surface area contributed by atoms with Gasteiger partial charge in [0.1, 0.15) is 11.4 Å². The van der Waals surface area contributed by atoms with E-state index in [2.05, 4.69) is 15.7 Å². The van der Waals surface area contributed by atoms with Crippen molar-refractivity contribution in [1.82, 2.24) is 9.62 Å². The van der Waals surface area contributed by atoms with Crippen LogP contribution in [0.15, 0.2) is 22.5 Å². The molecule has 1 aromatic carbocycles. The molecule has 2 heterocycles. The minimum Gasteiger partial charge on any atom is -0.351 e. The molecular formula is C28H38F3N5O2S. The zero-order valence-corrected chi connectivity index (χ0v) is 23.6. The van der Waals surface area contributed by atoms with Crippen LogP contribution in [0.2, 0.25) is 0 Å². The molecule has 7 nitrogen and oxygen atoms in total. The Morgan fingerprint density at radius 3 is 2.38 bits per heavy atom. The average Bonchev–Trinajstić information content (AvgIpc) is 3.20. The molecule has 214 valence electrons. The number of alkyl halides is 3. The summed E-state index contributed by atoms with van der Waals surface area (Å²) in [6, 6.07) is 3.38. The number of hydrogen-bond acceptors (Lipinski definition) is 5. The van der Waals surface area contributed by atoms with Crippen LogP contribution in [0.4, 0.5) is 23.7 Å². The van der Waals surface area contributed by atoms with E-state index in [1.165, 1.54) is 4.90 Å². The Hall–Kier alpha value is -2.53. The number of anilines is 1. The van der Waals surface area contributed by atoms with Crippen LogP contribution in [0, 0.1) is 25.7 Å². The summed E-state index contributed by atoms with van der Waals surface area (Å²) in [5.74, 6) is 0.937. The van der Waals surface area contributed by atoms with Crippen LogP contribution in [0.5, 0.6) is 0 Å². The number of urea groups is 1. The standard InChI is InChI=1S/C28H38F3N5O2S/c1-18-16-22(35(3)26(32)38)17-19(2)23(18)9-15-39-36-13-11-27(12-14-36)25(37)33-24(34-27)21-6-4-20(5-7-21)8-10-28(29,30)31/h9,15-17,20-21H,4-8,10-14H2,1-3H3,(H2,32,38)(H,33,34,37)/b15-9+. The minimum absolute atomic E-state index is 0.0378. The molecule has 1 saturated carbocycles. The number of primary amides is 1. The summed E-state index contributed by atoms with van der Waals surface area (Å²) in [7, 11) is 1.65. The number of rotatable bonds is 7. The lowest BCUT2D eigenvalue weighted by Crippen LogP contribution is -2.47. The molecule has 3 amide bonds. The predicted molar refractivity (Wildman–Crippen MR) is 150 cm³/mol. The molecule has 0 atom stereocenters. The summed E-state index contributed by atoms with van der Waals surface area (Å²) >= 11 is 1.61. The van der Waals surface area contributed by atoms with Crippen LogP contribution < -0.4 is 16.0 Å². The maximum atomic E-state index is 13.0. The fourth-order valence-electron chi connectivity index (χ4n) is 5.85. The number of nitrogens with two attached hydrogens (primary N) is 1. The molecule has 11 heteroatoms. The normalized spacial score (nSPS) is 23.7. The Morgan fingerprint density at radius 1 is 1.21 bits per heavy atom. The summed E-state index contributed by atoms with van der Waals surface area (Å²) in [4.78, 5) is 30.8. The maximum absolute atomic E-state index is 13.0. The molecule has 0 radical (unpaired) electrons. The Balaban J connectivity index is 1.29. The molecule has 0 aromatic heterocycles. The van der Waals surface area contributed by atoms with E-state index in [1.54, 1.807) is 19.0 Å². The smallest absolute Gasteiger partial charge is 0.351 e. The lowest BCUT2D eigenvalue weighted by atomic mass is 9.79. The number of piperidine rings is 1. The molecule has 4 rings (SSSR count). The van der Waals surface area contributed by atoms with E-state index in [-0.39, 0.29) is 24.2 Å². The number of nitrogens with one attached hydrogen (secondary N) is 1. The Kier molecular flexibility index (Phi) is 9.00. The van der Waals surface area contributed by atoms with Crippen molar-refractivity contribution in [3.8, 4) is 0 Å². The van der Waals surface area contributed by atoms with Gasteiger partial charge < -0.3 is 11.1 Å². The van der Waals surface area contributed by atoms with E-state index in [4.69, 9.17) is 10.7 Å². The second kappa shape index (κ2) is 11.9. The van der Waals surface area contributed by atoms with Crippen molar-refractivity contribution >= 4 is 41.5 Å². The highest BCUT2D eigenvalue weighted by atomic mass is 32.2. The third kappa shape index (κ3) is 7.16. The highest BCUT2D eigenvalue weighted by Crippen LogP contribution is 2.38. The summed E-state index contributed by atoms with van der Waals surface area (Å²) in [6.45, 7) is 5.46. The van der Waals surface area contributed by atoms with E-state index in [0.717, 1.165) is 67.0 Å². The molecule has 0 bridgehead atoms. The van der Waals surface area contributed by atoms with Gasteiger partial charge >= 0.3 is 12.2 Å². The van der Waals surface area contributed by atoms with Crippen LogP contribution in [-0.4, -0.2) is 53.9 Å². The SMILES string of the molecule is Cc1cc(N(C)C(N)=O)cc(C)c1/C=C/SN1CCC2(CC1)N=C(C1CCC(CCC(F)(F)F)CC1)NC2=O. The molecule has 2 aliphatic heterocycles. The lowest BCUT2D eigenvalue weighted by Gasteiger charge is -2.34. The molecule has 1 spiro atoms. The first-order valence-corrected chi connectivity index (χ1v) is 14.4. The number of aliphatic imine (C=N–C) groups is 1. The predicted octanol–water partition coefficient (Wildman–Crippen LogP) is 5.95. The highest BCUT2D eigenvalue weighted by Gasteiger charge is 2.47. The first kappa shape index (κ1) is 29.5. The van der Waals surface area contributed by atoms with E-state index >= 15 is 0 Å². The van der Waals surface area contributed by atoms with Crippen molar-refractivity contribution < 1.29 is 22.8 Å². The maximum Gasteiger partial charge on any atom is 0.389 e. The second-order valence-electron chi connectivity index (χ2n) is 11.1. The zero-order valence-electron chi connectivity index (χ0n) is 22.8. The van der Waals surface area contributed by atoms with Crippen molar-refractivity contribution in [2.45, 2.75) is 76.9 Å². The second-order valence-corrected chi connectivity index (χ2v) is 12.1. The molecule has 1 aliphatic carbocycles. The summed E-state index contributed by atoms with van der Waals surface area (Å²) < 4.78 is 39.9. The topological polar surface area (TPSA) is 91.0 Å². The van der Waals surface area contributed by atoms with E-state index in [1.807, 2.05) is 31.4 Å². The fourth-order valence-corrected chi connectivity index (χ4v) is 6.61. The molecule has 2 fully saturated rings. The van der Waals surface area contributed by atoms with Gasteiger partial charge in [0.15, 0.2) is 0 Å². The largest absolute Gasteiger partial charge is 0.389 e. The Bertz CT molecular complexity index is 1110. The van der Waals surface area contributed by atoms with Crippen molar-refractivity contribution in [2.75, 3.05) is 25.0 Å². The minimum atomic E-state index is -4.09. The van der Waals surface area contributed by atoms with Gasteiger partial charge in [0.25, 0.3) is 5.91 Å². The lowest BCUT2D eigenvalue weighted by molar-refractivity contribution is -0.138. The molecule has 39 heavy (non-hydrogen) atoms. The van der Waals surface area contributed by atoms with Crippen LogP contribution in [0.3, 0.4) is 0 Å². The molecule has 3 aliphatic rings. The van der Waals surface area contributed by atoms with Crippen molar-refractivity contribution in [3.63, 3.8) is 0 Å². The summed E-state index contributed by atoms with van der Waals surface area (Å²) in [5, 5.41) is 5.07. The number of amidine groups is 1. The van der Waals surface area contributed by atoms with Gasteiger partial charge in [0, 0.05) is 38.2 Å². The van der Waals surface area contributed by atoms with Crippen LogP contribution in [0.25, 0.3) is 6.08 Å². The van der Waals surface area contributed by atoms with Crippen molar-refractivity contribution in [3.05, 3.63) is 34.2 Å². The Morgan fingerprint density at radius 2 is 1.82 bits per heavy atom. The first-order valence-electron chi connectivity index (χ1n) is 13.6. The van der Waals surface area contributed by atoms with E-state index in [9.17, 15) is 22.8 Å². The monoisotopic (exact) mass is 565 g/mol. The average molecular weight is 566 g/mol. The number of hydrogen-bond donors (Lipinski definition) is 2. The van der Waals surface area contributed by atoms with Gasteiger partial charge in [-0.15, -0.1) is 0 Å². The molecule has 1 saturated heterocycles. The number of benzene rings is 1. The Labute approximate surface area is 232 Å².